The van der Waals surface area contributed by atoms with Gasteiger partial charge in [-0.3, -0.25) is 9.40 Å². The molecule has 1 N–H and O–H groups in total. The Balaban J connectivity index is 2.39. The first kappa shape index (κ1) is 18.5. The van der Waals surface area contributed by atoms with Gasteiger partial charge in [0.05, 0.1) is 16.9 Å². The van der Waals surface area contributed by atoms with Crippen molar-refractivity contribution in [2.24, 2.45) is 0 Å². The Morgan fingerprint density at radius 3 is 2.04 bits per heavy atom. The zero-order valence-corrected chi connectivity index (χ0v) is 16.3. The molecule has 24 heavy (non-hydrogen) atoms. The first-order chi connectivity index (χ1) is 10.9. The number of hydrogen-bond donors (Lipinski definition) is 1. The molecule has 0 aliphatic rings. The second-order valence-corrected chi connectivity index (χ2v) is 9.08. The van der Waals surface area contributed by atoms with E-state index in [-0.39, 0.29) is 10.4 Å². The molecule has 1 heterocycles. The summed E-state index contributed by atoms with van der Waals surface area (Å²) in [6.45, 7) is 13.7. The van der Waals surface area contributed by atoms with Gasteiger partial charge in [-0.25, -0.2) is 8.42 Å². The smallest absolute Gasteiger partial charge is 0.265 e. The molecule has 132 valence electrons. The molecule has 2 aromatic rings. The molecule has 0 saturated heterocycles. The number of rotatable bonds is 4. The molecule has 0 radical (unpaired) electrons. The summed E-state index contributed by atoms with van der Waals surface area (Å²) in [6, 6.07) is 7.49. The lowest BCUT2D eigenvalue weighted by atomic mass is 10.0. The minimum Gasteiger partial charge on any atom is -0.280 e. The zero-order valence-electron chi connectivity index (χ0n) is 15.5. The third kappa shape index (κ3) is 3.64. The van der Waals surface area contributed by atoms with Crippen molar-refractivity contribution >= 4 is 15.7 Å². The zero-order chi connectivity index (χ0) is 18.3. The van der Waals surface area contributed by atoms with Crippen LogP contribution in [-0.2, 0) is 15.6 Å². The van der Waals surface area contributed by atoms with Gasteiger partial charge in [0.15, 0.2) is 0 Å². The Hall–Kier alpha value is -1.82. The Kier molecular flexibility index (Phi) is 4.81. The van der Waals surface area contributed by atoms with Crippen LogP contribution in [0, 0.1) is 13.8 Å². The fourth-order valence-corrected chi connectivity index (χ4v) is 4.27. The van der Waals surface area contributed by atoms with Gasteiger partial charge in [0.1, 0.15) is 4.90 Å². The predicted molar refractivity (Wildman–Crippen MR) is 98.0 cm³/mol. The lowest BCUT2D eigenvalue weighted by Gasteiger charge is -2.21. The van der Waals surface area contributed by atoms with E-state index in [0.29, 0.717) is 23.0 Å². The van der Waals surface area contributed by atoms with Crippen LogP contribution in [-0.4, -0.2) is 18.2 Å². The molecule has 1 aromatic carbocycles. The summed E-state index contributed by atoms with van der Waals surface area (Å²) in [5.74, 6) is 0.408. The molecule has 0 saturated carbocycles. The van der Waals surface area contributed by atoms with Crippen LogP contribution in [0.2, 0.25) is 0 Å². The van der Waals surface area contributed by atoms with Gasteiger partial charge >= 0.3 is 0 Å². The van der Waals surface area contributed by atoms with Crippen LogP contribution in [0.4, 0.5) is 5.69 Å². The normalized spacial score (nSPS) is 12.7. The molecule has 2 rings (SSSR count). The maximum atomic E-state index is 12.8. The van der Waals surface area contributed by atoms with Gasteiger partial charge < -0.3 is 0 Å². The van der Waals surface area contributed by atoms with Crippen molar-refractivity contribution in [2.75, 3.05) is 4.72 Å². The first-order valence-corrected chi connectivity index (χ1v) is 9.61. The third-order valence-electron chi connectivity index (χ3n) is 3.96. The van der Waals surface area contributed by atoms with E-state index in [1.165, 1.54) is 5.56 Å². The van der Waals surface area contributed by atoms with E-state index in [0.717, 1.165) is 0 Å². The van der Waals surface area contributed by atoms with Crippen molar-refractivity contribution in [3.63, 3.8) is 0 Å². The first-order valence-electron chi connectivity index (χ1n) is 8.13. The predicted octanol–water partition coefficient (Wildman–Crippen LogP) is 4.18. The van der Waals surface area contributed by atoms with E-state index in [1.54, 1.807) is 30.7 Å². The maximum Gasteiger partial charge on any atom is 0.265 e. The van der Waals surface area contributed by atoms with Gasteiger partial charge in [0.25, 0.3) is 10.0 Å². The Morgan fingerprint density at radius 2 is 1.62 bits per heavy atom. The number of aromatic nitrogens is 2. The fourth-order valence-electron chi connectivity index (χ4n) is 2.81. The van der Waals surface area contributed by atoms with E-state index < -0.39 is 10.0 Å². The lowest BCUT2D eigenvalue weighted by Crippen LogP contribution is -2.25. The Labute approximate surface area is 145 Å². The van der Waals surface area contributed by atoms with Gasteiger partial charge in [-0.2, -0.15) is 5.10 Å². The van der Waals surface area contributed by atoms with Gasteiger partial charge in [-0.15, -0.1) is 0 Å². The Bertz CT molecular complexity index is 826. The molecule has 0 bridgehead atoms. The fraction of sp³-hybridized carbons (Fsp3) is 0.500. The summed E-state index contributed by atoms with van der Waals surface area (Å²) in [5, 5.41) is 4.42. The number of sulfonamides is 1. The topological polar surface area (TPSA) is 64.0 Å². The van der Waals surface area contributed by atoms with Crippen LogP contribution < -0.4 is 4.72 Å². The van der Waals surface area contributed by atoms with Crippen molar-refractivity contribution in [2.45, 2.75) is 64.8 Å². The van der Waals surface area contributed by atoms with Crippen LogP contribution in [0.25, 0.3) is 0 Å². The molecular formula is C18H27N3O2S. The van der Waals surface area contributed by atoms with Crippen LogP contribution >= 0.6 is 0 Å². The van der Waals surface area contributed by atoms with Gasteiger partial charge in [0, 0.05) is 5.69 Å². The summed E-state index contributed by atoms with van der Waals surface area (Å²) in [4.78, 5) is 0.255. The molecule has 6 heteroatoms. The number of nitrogens with zero attached hydrogens (tertiary/aromatic N) is 2. The van der Waals surface area contributed by atoms with Gasteiger partial charge in [-0.05, 0) is 58.2 Å². The summed E-state index contributed by atoms with van der Waals surface area (Å²) in [6.07, 6.45) is 0. The molecular weight excluding hydrogens is 322 g/mol. The highest BCUT2D eigenvalue weighted by atomic mass is 32.2. The van der Waals surface area contributed by atoms with Crippen molar-refractivity contribution < 1.29 is 8.42 Å². The molecule has 0 spiro atoms. The second kappa shape index (κ2) is 6.24. The number of benzene rings is 1. The van der Waals surface area contributed by atoms with E-state index in [2.05, 4.69) is 23.7 Å². The largest absolute Gasteiger partial charge is 0.280 e. The van der Waals surface area contributed by atoms with E-state index in [1.807, 2.05) is 32.9 Å². The van der Waals surface area contributed by atoms with Crippen molar-refractivity contribution in [3.05, 3.63) is 41.2 Å². The molecule has 0 atom stereocenters. The maximum absolute atomic E-state index is 12.8. The molecule has 1 aromatic heterocycles. The van der Waals surface area contributed by atoms with Crippen molar-refractivity contribution in [3.8, 4) is 0 Å². The quantitative estimate of drug-likeness (QED) is 0.900. The van der Waals surface area contributed by atoms with E-state index >= 15 is 0 Å². The molecule has 0 amide bonds. The number of hydrogen-bond acceptors (Lipinski definition) is 3. The standard InChI is InChI=1S/C18H27N3O2S/c1-12(2)15-8-10-16(11-9-15)20-24(22,23)17-13(3)19-21(14(17)4)18(5,6)7/h8-12,20H,1-7H3. The van der Waals surface area contributed by atoms with Gasteiger partial charge in [-0.1, -0.05) is 26.0 Å². The highest BCUT2D eigenvalue weighted by Gasteiger charge is 2.28. The monoisotopic (exact) mass is 349 g/mol. The lowest BCUT2D eigenvalue weighted by molar-refractivity contribution is 0.345. The third-order valence-corrected chi connectivity index (χ3v) is 5.59. The summed E-state index contributed by atoms with van der Waals surface area (Å²) < 4.78 is 30.1. The minimum absolute atomic E-state index is 0.255. The summed E-state index contributed by atoms with van der Waals surface area (Å²) in [7, 11) is -3.68. The van der Waals surface area contributed by atoms with Crippen molar-refractivity contribution in [1.29, 1.82) is 0 Å². The SMILES string of the molecule is Cc1nn(C(C)(C)C)c(C)c1S(=O)(=O)Nc1ccc(C(C)C)cc1. The molecule has 0 aliphatic heterocycles. The highest BCUT2D eigenvalue weighted by Crippen LogP contribution is 2.27. The molecule has 0 fully saturated rings. The summed E-state index contributed by atoms with van der Waals surface area (Å²) in [5.41, 5.74) is 2.61. The Morgan fingerprint density at radius 1 is 1.08 bits per heavy atom. The van der Waals surface area contributed by atoms with E-state index in [9.17, 15) is 8.42 Å². The molecule has 0 aliphatic carbocycles. The average molecular weight is 350 g/mol. The van der Waals surface area contributed by atoms with E-state index in [4.69, 9.17) is 0 Å². The number of nitrogens with one attached hydrogen (secondary N) is 1. The molecule has 5 nitrogen and oxygen atoms in total. The highest BCUT2D eigenvalue weighted by molar-refractivity contribution is 7.92. The van der Waals surface area contributed by atoms with Crippen LogP contribution in [0.3, 0.4) is 0 Å². The second-order valence-electron chi connectivity index (χ2n) is 7.46. The summed E-state index contributed by atoms with van der Waals surface area (Å²) >= 11 is 0. The average Bonchev–Trinajstić information content (AvgIpc) is 2.74. The number of anilines is 1. The minimum atomic E-state index is -3.68. The molecule has 0 unspecified atom stereocenters. The van der Waals surface area contributed by atoms with Crippen LogP contribution in [0.5, 0.6) is 0 Å². The number of aryl methyl sites for hydroxylation is 1. The van der Waals surface area contributed by atoms with Crippen molar-refractivity contribution in [1.82, 2.24) is 9.78 Å². The van der Waals surface area contributed by atoms with Gasteiger partial charge in [0.2, 0.25) is 0 Å². The van der Waals surface area contributed by atoms with Crippen LogP contribution in [0.15, 0.2) is 29.2 Å². The van der Waals surface area contributed by atoms with Crippen LogP contribution in [0.1, 0.15) is 57.5 Å².